The minimum Gasteiger partial charge on any atom is -0.790 e. The molecule has 0 unspecified atom stereocenters. The molecule has 13 heteroatoms. The first kappa shape index (κ1) is 42.2. The van der Waals surface area contributed by atoms with E-state index >= 15 is 0 Å². The molecule has 0 aliphatic rings. The van der Waals surface area contributed by atoms with Gasteiger partial charge in [0, 0.05) is 0 Å². The van der Waals surface area contributed by atoms with Gasteiger partial charge in [-0.15, -0.1) is 0 Å². The molecular formula is C12H28Na3O8PS. The molecule has 0 aliphatic carbocycles. The maximum atomic E-state index is 8.74. The molecule has 0 rings (SSSR count). The fraction of sp³-hybridized carbons (Fsp3) is 0.917. The number of rotatable bonds is 9. The molecule has 0 heterocycles. The van der Waals surface area contributed by atoms with Gasteiger partial charge in [0.05, 0.1) is 7.82 Å². The Labute approximate surface area is 219 Å². The molecule has 0 aliphatic heterocycles. The van der Waals surface area contributed by atoms with Crippen LogP contribution in [0.1, 0.15) is 71.1 Å². The summed E-state index contributed by atoms with van der Waals surface area (Å²) in [6, 6.07) is 0. The largest absolute Gasteiger partial charge is 1.00 e. The van der Waals surface area contributed by atoms with Gasteiger partial charge in [0.2, 0.25) is 0 Å². The van der Waals surface area contributed by atoms with Crippen molar-refractivity contribution in [2.24, 2.45) is 0 Å². The molecular weight excluding hydrogens is 404 g/mol. The van der Waals surface area contributed by atoms with Crippen LogP contribution in [-0.2, 0) is 15.0 Å². The van der Waals surface area contributed by atoms with Crippen molar-refractivity contribution < 1.29 is 125 Å². The predicted molar refractivity (Wildman–Crippen MR) is 81.2 cm³/mol. The van der Waals surface area contributed by atoms with Crippen LogP contribution < -0.4 is 98.5 Å². The minimum atomic E-state index is -5.14. The van der Waals surface area contributed by atoms with Gasteiger partial charge in [0.1, 0.15) is 0 Å². The molecule has 0 atom stereocenters. The summed E-state index contributed by atoms with van der Waals surface area (Å²) in [5.41, 5.74) is 0. The van der Waals surface area contributed by atoms with Crippen LogP contribution in [0.4, 0.5) is 0 Å². The first-order valence-corrected chi connectivity index (χ1v) is 10.0. The number of unbranched alkanes of at least 4 members (excludes halogenated alkanes) is 9. The molecule has 138 valence electrons. The third-order valence-corrected chi connectivity index (χ3v) is 2.35. The Morgan fingerprint density at radius 1 is 0.840 bits per heavy atom. The van der Waals surface area contributed by atoms with Gasteiger partial charge < -0.3 is 26.2 Å². The van der Waals surface area contributed by atoms with Crippen LogP contribution >= 0.6 is 7.82 Å². The summed E-state index contributed by atoms with van der Waals surface area (Å²) >= 11 is 0. The Bertz CT molecular complexity index is 339. The first-order chi connectivity index (χ1) is 9.91. The average molecular weight is 432 g/mol. The summed E-state index contributed by atoms with van der Waals surface area (Å²) in [6.45, 7) is 6.12. The normalized spacial score (nSPS) is 9.72. The fourth-order valence-electron chi connectivity index (χ4n) is 1.49. The first-order valence-electron chi connectivity index (χ1n) is 7.15. The molecule has 3 N–H and O–H groups in total. The standard InChI is InChI=1S/C12H25.3Na.H3O4P.H2O4S/c1-3-5-7-9-11-12-10-8-6-4-2;;;;2*1-5(2,3)4/h1,3-12H2,2H3;;;;(H3,1,2,3,4);(H2,1,2,3,4)/q-1;3*+1;;/p-2. The molecule has 0 bridgehead atoms. The van der Waals surface area contributed by atoms with E-state index in [9.17, 15) is 0 Å². The molecule has 0 spiro atoms. The SMILES string of the molecule is O=P([O-])([O-])O.O=S(=O)(O)O.[CH2-]CCCCCCCCCCC.[Na+].[Na+].[Na+]. The van der Waals surface area contributed by atoms with Gasteiger partial charge in [-0.1, -0.05) is 64.7 Å². The zero-order chi connectivity index (χ0) is 18.1. The Morgan fingerprint density at radius 2 is 1.04 bits per heavy atom. The van der Waals surface area contributed by atoms with Crippen molar-refractivity contribution in [2.75, 3.05) is 0 Å². The zero-order valence-electron chi connectivity index (χ0n) is 16.0. The van der Waals surface area contributed by atoms with E-state index in [0.717, 1.165) is 6.42 Å². The summed E-state index contributed by atoms with van der Waals surface area (Å²) in [4.78, 5) is 24.3. The second-order valence-corrected chi connectivity index (χ2v) is 6.43. The second kappa shape index (κ2) is 29.2. The van der Waals surface area contributed by atoms with Crippen molar-refractivity contribution in [3.8, 4) is 0 Å². The van der Waals surface area contributed by atoms with Crippen molar-refractivity contribution >= 4 is 18.2 Å². The summed E-state index contributed by atoms with van der Waals surface area (Å²) < 4.78 is 40.2. The van der Waals surface area contributed by atoms with E-state index < -0.39 is 18.2 Å². The van der Waals surface area contributed by atoms with Gasteiger partial charge in [-0.2, -0.15) is 14.8 Å². The summed E-state index contributed by atoms with van der Waals surface area (Å²) in [6.07, 6.45) is 13.9. The van der Waals surface area contributed by atoms with Crippen molar-refractivity contribution in [1.82, 2.24) is 0 Å². The molecule has 0 radical (unpaired) electrons. The van der Waals surface area contributed by atoms with E-state index in [-0.39, 0.29) is 88.7 Å². The predicted octanol–water partition coefficient (Wildman–Crippen LogP) is -7.09. The number of hydrogen-bond acceptors (Lipinski definition) is 5. The van der Waals surface area contributed by atoms with Crippen LogP contribution in [0.5, 0.6) is 0 Å². The minimum absolute atomic E-state index is 0. The van der Waals surface area contributed by atoms with E-state index in [1.807, 2.05) is 0 Å². The maximum absolute atomic E-state index is 8.74. The third kappa shape index (κ3) is 117. The van der Waals surface area contributed by atoms with E-state index in [0.29, 0.717) is 0 Å². The van der Waals surface area contributed by atoms with Crippen LogP contribution in [-0.4, -0.2) is 22.4 Å². The van der Waals surface area contributed by atoms with Crippen LogP contribution in [0.15, 0.2) is 0 Å². The van der Waals surface area contributed by atoms with E-state index in [1.54, 1.807) is 0 Å². The van der Waals surface area contributed by atoms with Crippen molar-refractivity contribution in [3.63, 3.8) is 0 Å². The van der Waals surface area contributed by atoms with Crippen molar-refractivity contribution in [3.05, 3.63) is 6.92 Å². The molecule has 0 aromatic carbocycles. The molecule has 0 saturated heterocycles. The number of hydrogen-bond donors (Lipinski definition) is 3. The van der Waals surface area contributed by atoms with E-state index in [4.69, 9.17) is 36.8 Å². The van der Waals surface area contributed by atoms with Crippen LogP contribution in [0.3, 0.4) is 0 Å². The molecule has 0 aromatic heterocycles. The van der Waals surface area contributed by atoms with Crippen LogP contribution in [0, 0.1) is 6.92 Å². The molecule has 8 nitrogen and oxygen atoms in total. The summed E-state index contributed by atoms with van der Waals surface area (Å²) in [7, 11) is -9.81. The quantitative estimate of drug-likeness (QED) is 0.107. The third-order valence-electron chi connectivity index (χ3n) is 2.35. The molecule has 0 amide bonds. The maximum Gasteiger partial charge on any atom is 1.00 e. The average Bonchev–Trinajstić information content (AvgIpc) is 2.28. The Hall–Kier alpha value is 2.98. The van der Waals surface area contributed by atoms with Gasteiger partial charge in [0.25, 0.3) is 0 Å². The second-order valence-electron chi connectivity index (χ2n) is 4.60. The Kier molecular flexibility index (Phi) is 49.2. The van der Waals surface area contributed by atoms with Crippen LogP contribution in [0.25, 0.3) is 0 Å². The molecule has 25 heavy (non-hydrogen) atoms. The van der Waals surface area contributed by atoms with Crippen LogP contribution in [0.2, 0.25) is 0 Å². The van der Waals surface area contributed by atoms with Crippen molar-refractivity contribution in [2.45, 2.75) is 71.1 Å². The summed E-state index contributed by atoms with van der Waals surface area (Å²) in [5.74, 6) is 0. The Morgan fingerprint density at radius 3 is 1.24 bits per heavy atom. The monoisotopic (exact) mass is 432 g/mol. The van der Waals surface area contributed by atoms with Gasteiger partial charge in [-0.3, -0.25) is 9.11 Å². The van der Waals surface area contributed by atoms with Gasteiger partial charge >= 0.3 is 99.1 Å². The topological polar surface area (TPSA) is 158 Å². The van der Waals surface area contributed by atoms with E-state index in [1.165, 1.54) is 57.8 Å². The molecule has 0 saturated carbocycles. The number of phosphoric acid groups is 1. The molecule has 0 fully saturated rings. The zero-order valence-corrected chi connectivity index (χ0v) is 23.7. The smallest absolute Gasteiger partial charge is 0.790 e. The Balaban J connectivity index is -0.0000000592. The van der Waals surface area contributed by atoms with Gasteiger partial charge in [0.15, 0.2) is 0 Å². The molecule has 0 aromatic rings. The van der Waals surface area contributed by atoms with E-state index in [2.05, 4.69) is 13.8 Å². The van der Waals surface area contributed by atoms with Gasteiger partial charge in [-0.05, 0) is 0 Å². The van der Waals surface area contributed by atoms with Crippen molar-refractivity contribution in [1.29, 1.82) is 0 Å². The summed E-state index contributed by atoms with van der Waals surface area (Å²) in [5, 5.41) is 0. The van der Waals surface area contributed by atoms with Gasteiger partial charge in [-0.25, -0.2) is 0 Å². The fourth-order valence-corrected chi connectivity index (χ4v) is 1.49.